The second-order valence-corrected chi connectivity index (χ2v) is 8.52. The van der Waals surface area contributed by atoms with E-state index >= 15 is 0 Å². The molecule has 0 unspecified atom stereocenters. The normalized spacial score (nSPS) is 24.0. The van der Waals surface area contributed by atoms with Crippen molar-refractivity contribution in [2.75, 3.05) is 13.2 Å². The topological polar surface area (TPSA) is 58.6 Å². The number of ether oxygens (including phenoxy) is 1. The number of carbonyl (C=O) groups is 1. The zero-order chi connectivity index (χ0) is 20.8. The maximum atomic E-state index is 14.2. The Bertz CT molecular complexity index is 970. The Morgan fingerprint density at radius 2 is 1.90 bits per heavy atom. The van der Waals surface area contributed by atoms with Crippen LogP contribution < -0.4 is 4.74 Å². The van der Waals surface area contributed by atoms with E-state index < -0.39 is 17.5 Å². The van der Waals surface area contributed by atoms with Crippen LogP contribution in [0.25, 0.3) is 0 Å². The number of aromatic nitrogens is 2. The number of benzene rings is 1. The fraction of sp³-hybridized carbons (Fsp3) is 0.476. The van der Waals surface area contributed by atoms with Gasteiger partial charge in [-0.05, 0) is 44.2 Å². The van der Waals surface area contributed by atoms with Crippen molar-refractivity contribution in [3.8, 4) is 5.88 Å². The molecular weight excluding hydrogens is 414 g/mol. The van der Waals surface area contributed by atoms with Crippen LogP contribution in [-0.2, 0) is 0 Å². The van der Waals surface area contributed by atoms with Crippen molar-refractivity contribution in [3.63, 3.8) is 0 Å². The molecule has 2 atom stereocenters. The summed E-state index contributed by atoms with van der Waals surface area (Å²) in [6.45, 7) is 0.762. The van der Waals surface area contributed by atoms with Gasteiger partial charge in [-0.3, -0.25) is 9.78 Å². The van der Waals surface area contributed by atoms with Crippen LogP contribution in [0.4, 0.5) is 8.78 Å². The zero-order valence-corrected chi connectivity index (χ0v) is 17.0. The van der Waals surface area contributed by atoms with E-state index in [1.165, 1.54) is 4.90 Å². The molecule has 6 nitrogen and oxygen atoms in total. The Morgan fingerprint density at radius 1 is 1.07 bits per heavy atom. The number of halogens is 3. The lowest BCUT2D eigenvalue weighted by molar-refractivity contribution is -0.0266. The van der Waals surface area contributed by atoms with Crippen LogP contribution in [0.3, 0.4) is 0 Å². The quantitative estimate of drug-likeness (QED) is 0.682. The molecule has 30 heavy (non-hydrogen) atoms. The number of carbonyl (C=O) groups excluding carboxylic acids is 1. The minimum atomic E-state index is -0.825. The smallest absolute Gasteiger partial charge is 0.257 e. The molecule has 3 heterocycles. The van der Waals surface area contributed by atoms with Gasteiger partial charge in [0.05, 0.1) is 35.3 Å². The highest BCUT2D eigenvalue weighted by atomic mass is 35.5. The highest BCUT2D eigenvalue weighted by Crippen LogP contribution is 2.39. The van der Waals surface area contributed by atoms with Gasteiger partial charge in [-0.25, -0.2) is 18.7 Å². The van der Waals surface area contributed by atoms with E-state index in [9.17, 15) is 13.6 Å². The van der Waals surface area contributed by atoms with Crippen LogP contribution in [0.2, 0.25) is 5.02 Å². The fourth-order valence-electron chi connectivity index (χ4n) is 4.26. The van der Waals surface area contributed by atoms with Gasteiger partial charge in [0, 0.05) is 18.5 Å². The summed E-state index contributed by atoms with van der Waals surface area (Å²) in [4.78, 5) is 25.2. The van der Waals surface area contributed by atoms with Gasteiger partial charge in [-0.1, -0.05) is 11.6 Å². The number of fused-ring (bicyclic) bond motifs is 1. The van der Waals surface area contributed by atoms with Crippen molar-refractivity contribution in [3.05, 3.63) is 52.4 Å². The van der Waals surface area contributed by atoms with Gasteiger partial charge in [-0.2, -0.15) is 0 Å². The molecule has 0 N–H and O–H groups in total. The molecule has 3 aliphatic rings. The monoisotopic (exact) mass is 434 g/mol. The van der Waals surface area contributed by atoms with Gasteiger partial charge in [0.25, 0.3) is 5.91 Å². The Balaban J connectivity index is 1.28. The van der Waals surface area contributed by atoms with Gasteiger partial charge in [-0.15, -0.1) is 0 Å². The van der Waals surface area contributed by atoms with Crippen molar-refractivity contribution in [2.24, 2.45) is 0 Å². The van der Waals surface area contributed by atoms with Gasteiger partial charge in [0.2, 0.25) is 5.88 Å². The average molecular weight is 435 g/mol. The van der Waals surface area contributed by atoms with E-state index in [1.54, 1.807) is 12.4 Å². The maximum absolute atomic E-state index is 14.2. The van der Waals surface area contributed by atoms with Crippen LogP contribution >= 0.6 is 11.6 Å². The Hall–Kier alpha value is -2.32. The van der Waals surface area contributed by atoms with Crippen molar-refractivity contribution < 1.29 is 18.3 Å². The molecule has 2 aliphatic heterocycles. The standard InChI is InChI=1S/C21H21ClF2N4O2/c22-15-8-16(23)14(7-17(15)24)21(29)27-6-5-13-3-4-20(28(13)11-27)30-19-10-25-18(9-26-19)12-1-2-12/h7-10,12-13,20H,1-6,11H2/t13-,20-/m0/s1. The molecule has 1 saturated carbocycles. The number of hydrogen-bond donors (Lipinski definition) is 0. The number of amides is 1. The lowest BCUT2D eigenvalue weighted by Gasteiger charge is -2.40. The first-order chi connectivity index (χ1) is 14.5. The molecule has 2 aromatic rings. The Kier molecular flexibility index (Phi) is 5.06. The van der Waals surface area contributed by atoms with Crippen molar-refractivity contribution in [2.45, 2.75) is 50.3 Å². The second kappa shape index (κ2) is 7.74. The van der Waals surface area contributed by atoms with Gasteiger partial charge < -0.3 is 9.64 Å². The van der Waals surface area contributed by atoms with Crippen LogP contribution in [0.5, 0.6) is 5.88 Å². The van der Waals surface area contributed by atoms with Crippen molar-refractivity contribution in [1.82, 2.24) is 19.8 Å². The highest BCUT2D eigenvalue weighted by Gasteiger charge is 2.40. The molecule has 1 aromatic heterocycles. The highest BCUT2D eigenvalue weighted by molar-refractivity contribution is 6.30. The van der Waals surface area contributed by atoms with E-state index in [-0.39, 0.29) is 29.5 Å². The van der Waals surface area contributed by atoms with E-state index in [0.717, 1.165) is 49.9 Å². The lowest BCUT2D eigenvalue weighted by atomic mass is 10.1. The molecule has 1 aromatic carbocycles. The average Bonchev–Trinajstić information content (AvgIpc) is 3.52. The number of hydrogen-bond acceptors (Lipinski definition) is 5. The van der Waals surface area contributed by atoms with Gasteiger partial charge in [0.1, 0.15) is 11.6 Å². The first-order valence-corrected chi connectivity index (χ1v) is 10.6. The Morgan fingerprint density at radius 3 is 2.63 bits per heavy atom. The molecule has 158 valence electrons. The summed E-state index contributed by atoms with van der Waals surface area (Å²) in [6, 6.07) is 1.98. The SMILES string of the molecule is O=C(c1cc(F)c(Cl)cc1F)N1CC[C@@H]2CC[C@H](Oc3cnc(C4CC4)cn3)N2C1. The molecule has 3 fully saturated rings. The van der Waals surface area contributed by atoms with E-state index in [0.29, 0.717) is 18.3 Å². The molecule has 9 heteroatoms. The van der Waals surface area contributed by atoms with Crippen LogP contribution in [0, 0.1) is 11.6 Å². The van der Waals surface area contributed by atoms with Crippen LogP contribution in [0.15, 0.2) is 24.5 Å². The third kappa shape index (κ3) is 3.74. The lowest BCUT2D eigenvalue weighted by Crippen LogP contribution is -2.53. The molecule has 0 bridgehead atoms. The first-order valence-electron chi connectivity index (χ1n) is 10.2. The summed E-state index contributed by atoms with van der Waals surface area (Å²) < 4.78 is 34.0. The summed E-state index contributed by atoms with van der Waals surface area (Å²) in [7, 11) is 0. The Labute approximate surface area is 177 Å². The van der Waals surface area contributed by atoms with E-state index in [2.05, 4.69) is 14.9 Å². The minimum absolute atomic E-state index is 0.238. The summed E-state index contributed by atoms with van der Waals surface area (Å²) >= 11 is 5.60. The number of rotatable bonds is 4. The fourth-order valence-corrected chi connectivity index (χ4v) is 4.41. The summed E-state index contributed by atoms with van der Waals surface area (Å²) in [5.74, 6) is -1.21. The maximum Gasteiger partial charge on any atom is 0.257 e. The minimum Gasteiger partial charge on any atom is -0.457 e. The molecule has 1 aliphatic carbocycles. The van der Waals surface area contributed by atoms with E-state index in [1.807, 2.05) is 0 Å². The first kappa shape index (κ1) is 19.6. The molecule has 1 amide bonds. The van der Waals surface area contributed by atoms with Crippen LogP contribution in [-0.4, -0.2) is 51.2 Å². The summed E-state index contributed by atoms with van der Waals surface area (Å²) in [5, 5.41) is -0.343. The van der Waals surface area contributed by atoms with Crippen LogP contribution in [0.1, 0.15) is 54.1 Å². The molecule has 5 rings (SSSR count). The van der Waals surface area contributed by atoms with Gasteiger partial charge in [0.15, 0.2) is 6.23 Å². The summed E-state index contributed by atoms with van der Waals surface area (Å²) in [5.41, 5.74) is 0.687. The zero-order valence-electron chi connectivity index (χ0n) is 16.2. The number of nitrogens with zero attached hydrogens (tertiary/aromatic N) is 4. The van der Waals surface area contributed by atoms with Gasteiger partial charge >= 0.3 is 0 Å². The third-order valence-electron chi connectivity index (χ3n) is 6.08. The van der Waals surface area contributed by atoms with Crippen molar-refractivity contribution >= 4 is 17.5 Å². The second-order valence-electron chi connectivity index (χ2n) is 8.12. The molecule has 2 saturated heterocycles. The van der Waals surface area contributed by atoms with Crippen molar-refractivity contribution in [1.29, 1.82) is 0 Å². The predicted molar refractivity (Wildman–Crippen MR) is 105 cm³/mol. The molecule has 0 spiro atoms. The third-order valence-corrected chi connectivity index (χ3v) is 6.37. The van der Waals surface area contributed by atoms with E-state index in [4.69, 9.17) is 16.3 Å². The largest absolute Gasteiger partial charge is 0.457 e. The predicted octanol–water partition coefficient (Wildman–Crippen LogP) is 3.96. The summed E-state index contributed by atoms with van der Waals surface area (Å²) in [6.07, 6.45) is 8.01. The molecule has 0 radical (unpaired) electrons. The molecular formula is C21H21ClF2N4O2.